The molecule has 0 saturated heterocycles. The standard InChI is InChI=1S/C13H13ClN2O3S/c1-9(17)10-5-2-3-6-11(10)16-20(18,19)12-7-4-8-15-13(12)14/h2-9,16-17H,1H3. The average Bonchev–Trinajstić information content (AvgIpc) is 2.39. The molecule has 1 unspecified atom stereocenters. The summed E-state index contributed by atoms with van der Waals surface area (Å²) in [6.07, 6.45) is 0.615. The van der Waals surface area contributed by atoms with E-state index in [2.05, 4.69) is 9.71 Å². The fourth-order valence-electron chi connectivity index (χ4n) is 1.73. The fraction of sp³-hybridized carbons (Fsp3) is 0.154. The fourth-order valence-corrected chi connectivity index (χ4v) is 3.27. The Balaban J connectivity index is 2.42. The average molecular weight is 313 g/mol. The van der Waals surface area contributed by atoms with Crippen LogP contribution in [0, 0.1) is 0 Å². The van der Waals surface area contributed by atoms with Crippen LogP contribution in [0.25, 0.3) is 0 Å². The van der Waals surface area contributed by atoms with Crippen molar-refractivity contribution in [2.45, 2.75) is 17.9 Å². The van der Waals surface area contributed by atoms with E-state index in [4.69, 9.17) is 11.6 Å². The lowest BCUT2D eigenvalue weighted by Gasteiger charge is -2.14. The molecule has 2 N–H and O–H groups in total. The molecule has 2 rings (SSSR count). The smallest absolute Gasteiger partial charge is 0.264 e. The van der Waals surface area contributed by atoms with Crippen LogP contribution in [-0.4, -0.2) is 18.5 Å². The van der Waals surface area contributed by atoms with Gasteiger partial charge in [-0.3, -0.25) is 4.72 Å². The quantitative estimate of drug-likeness (QED) is 0.850. The molecule has 0 fully saturated rings. The van der Waals surface area contributed by atoms with E-state index in [-0.39, 0.29) is 10.0 Å². The predicted molar refractivity (Wildman–Crippen MR) is 77.1 cm³/mol. The van der Waals surface area contributed by atoms with Crippen LogP contribution in [0.1, 0.15) is 18.6 Å². The van der Waals surface area contributed by atoms with E-state index < -0.39 is 16.1 Å². The van der Waals surface area contributed by atoms with E-state index in [0.29, 0.717) is 11.3 Å². The van der Waals surface area contributed by atoms with Crippen LogP contribution in [-0.2, 0) is 10.0 Å². The summed E-state index contributed by atoms with van der Waals surface area (Å²) in [5.74, 6) is 0. The minimum Gasteiger partial charge on any atom is -0.389 e. The first-order chi connectivity index (χ1) is 9.42. The summed E-state index contributed by atoms with van der Waals surface area (Å²) in [5, 5.41) is 9.55. The third-order valence-corrected chi connectivity index (χ3v) is 4.48. The molecular formula is C13H13ClN2O3S. The second kappa shape index (κ2) is 5.78. The highest BCUT2D eigenvalue weighted by atomic mass is 35.5. The van der Waals surface area contributed by atoms with Crippen molar-refractivity contribution < 1.29 is 13.5 Å². The molecular weight excluding hydrogens is 300 g/mol. The first kappa shape index (κ1) is 14.8. The SMILES string of the molecule is CC(O)c1ccccc1NS(=O)(=O)c1cccnc1Cl. The molecule has 0 radical (unpaired) electrons. The van der Waals surface area contributed by atoms with Crippen molar-refractivity contribution in [1.82, 2.24) is 4.98 Å². The molecule has 1 atom stereocenters. The molecule has 7 heteroatoms. The Labute approximate surface area is 122 Å². The van der Waals surface area contributed by atoms with Gasteiger partial charge < -0.3 is 5.11 Å². The topological polar surface area (TPSA) is 79.3 Å². The van der Waals surface area contributed by atoms with Crippen LogP contribution < -0.4 is 4.72 Å². The van der Waals surface area contributed by atoms with Gasteiger partial charge in [0.1, 0.15) is 10.0 Å². The zero-order chi connectivity index (χ0) is 14.8. The van der Waals surface area contributed by atoms with Gasteiger partial charge in [-0.25, -0.2) is 13.4 Å². The molecule has 0 saturated carbocycles. The number of anilines is 1. The van der Waals surface area contributed by atoms with E-state index in [9.17, 15) is 13.5 Å². The molecule has 0 bridgehead atoms. The largest absolute Gasteiger partial charge is 0.389 e. The van der Waals surface area contributed by atoms with Crippen molar-refractivity contribution in [3.8, 4) is 0 Å². The number of nitrogens with one attached hydrogen (secondary N) is 1. The summed E-state index contributed by atoms with van der Waals surface area (Å²) >= 11 is 5.80. The monoisotopic (exact) mass is 312 g/mol. The van der Waals surface area contributed by atoms with Crippen LogP contribution in [0.15, 0.2) is 47.5 Å². The number of benzene rings is 1. The Bertz CT molecular complexity index is 717. The zero-order valence-corrected chi connectivity index (χ0v) is 12.2. The van der Waals surface area contributed by atoms with Crippen molar-refractivity contribution >= 4 is 27.3 Å². The van der Waals surface area contributed by atoms with Gasteiger partial charge in [0.2, 0.25) is 0 Å². The van der Waals surface area contributed by atoms with Gasteiger partial charge in [-0.1, -0.05) is 29.8 Å². The van der Waals surface area contributed by atoms with Gasteiger partial charge in [-0.2, -0.15) is 0 Å². The van der Waals surface area contributed by atoms with Gasteiger partial charge in [0, 0.05) is 11.8 Å². The molecule has 5 nitrogen and oxygen atoms in total. The lowest BCUT2D eigenvalue weighted by atomic mass is 10.1. The molecule has 0 aliphatic heterocycles. The number of sulfonamides is 1. The number of para-hydroxylation sites is 1. The predicted octanol–water partition coefficient (Wildman–Crippen LogP) is 2.59. The lowest BCUT2D eigenvalue weighted by Crippen LogP contribution is -2.15. The van der Waals surface area contributed by atoms with Crippen LogP contribution in [0.3, 0.4) is 0 Å². The molecule has 1 aromatic heterocycles. The highest BCUT2D eigenvalue weighted by Crippen LogP contribution is 2.26. The highest BCUT2D eigenvalue weighted by molar-refractivity contribution is 7.92. The number of aliphatic hydroxyl groups excluding tert-OH is 1. The Morgan fingerprint density at radius 3 is 2.60 bits per heavy atom. The molecule has 1 aromatic carbocycles. The van der Waals surface area contributed by atoms with E-state index in [0.717, 1.165) is 0 Å². The first-order valence-corrected chi connectivity index (χ1v) is 7.68. The number of hydrogen-bond donors (Lipinski definition) is 2. The molecule has 0 amide bonds. The van der Waals surface area contributed by atoms with Gasteiger partial charge in [0.25, 0.3) is 10.0 Å². The molecule has 0 aliphatic rings. The Hall–Kier alpha value is -1.63. The molecule has 0 spiro atoms. The summed E-state index contributed by atoms with van der Waals surface area (Å²) in [4.78, 5) is 3.63. The third kappa shape index (κ3) is 3.09. The van der Waals surface area contributed by atoms with E-state index in [1.807, 2.05) is 0 Å². The normalized spacial score (nSPS) is 12.9. The molecule has 2 aromatic rings. The maximum absolute atomic E-state index is 12.3. The maximum Gasteiger partial charge on any atom is 0.264 e. The van der Waals surface area contributed by atoms with Crippen molar-refractivity contribution in [3.05, 3.63) is 53.3 Å². The van der Waals surface area contributed by atoms with Crippen molar-refractivity contribution in [2.24, 2.45) is 0 Å². The molecule has 1 heterocycles. The van der Waals surface area contributed by atoms with Crippen LogP contribution >= 0.6 is 11.6 Å². The van der Waals surface area contributed by atoms with Gasteiger partial charge in [0.15, 0.2) is 0 Å². The third-order valence-electron chi connectivity index (χ3n) is 2.67. The first-order valence-electron chi connectivity index (χ1n) is 5.82. The zero-order valence-electron chi connectivity index (χ0n) is 10.6. The number of hydrogen-bond acceptors (Lipinski definition) is 4. The van der Waals surface area contributed by atoms with Crippen molar-refractivity contribution in [3.63, 3.8) is 0 Å². The van der Waals surface area contributed by atoms with E-state index >= 15 is 0 Å². The second-order valence-electron chi connectivity index (χ2n) is 4.16. The molecule has 0 aliphatic carbocycles. The summed E-state index contributed by atoms with van der Waals surface area (Å²) in [5.41, 5.74) is 0.790. The van der Waals surface area contributed by atoms with E-state index in [1.165, 1.54) is 18.3 Å². The van der Waals surface area contributed by atoms with Crippen LogP contribution in [0.5, 0.6) is 0 Å². The summed E-state index contributed by atoms with van der Waals surface area (Å²) in [6, 6.07) is 9.46. The number of aromatic nitrogens is 1. The van der Waals surface area contributed by atoms with Gasteiger partial charge in [0.05, 0.1) is 11.8 Å². The Morgan fingerprint density at radius 2 is 1.95 bits per heavy atom. The highest BCUT2D eigenvalue weighted by Gasteiger charge is 2.20. The lowest BCUT2D eigenvalue weighted by molar-refractivity contribution is 0.200. The molecule has 20 heavy (non-hydrogen) atoms. The van der Waals surface area contributed by atoms with Crippen LogP contribution in [0.4, 0.5) is 5.69 Å². The van der Waals surface area contributed by atoms with Crippen LogP contribution in [0.2, 0.25) is 5.15 Å². The second-order valence-corrected chi connectivity index (χ2v) is 6.17. The minimum atomic E-state index is -3.86. The van der Waals surface area contributed by atoms with Gasteiger partial charge in [-0.15, -0.1) is 0 Å². The Morgan fingerprint density at radius 1 is 1.25 bits per heavy atom. The molecule has 106 valence electrons. The number of halogens is 1. The minimum absolute atomic E-state index is 0.102. The number of pyridine rings is 1. The van der Waals surface area contributed by atoms with Crippen molar-refractivity contribution in [1.29, 1.82) is 0 Å². The van der Waals surface area contributed by atoms with Gasteiger partial charge in [-0.05, 0) is 25.1 Å². The number of aliphatic hydroxyl groups is 1. The summed E-state index contributed by atoms with van der Waals surface area (Å²) in [7, 11) is -3.86. The number of nitrogens with zero attached hydrogens (tertiary/aromatic N) is 1. The van der Waals surface area contributed by atoms with E-state index in [1.54, 1.807) is 31.2 Å². The number of rotatable bonds is 4. The summed E-state index contributed by atoms with van der Waals surface area (Å²) in [6.45, 7) is 1.56. The van der Waals surface area contributed by atoms with Crippen molar-refractivity contribution in [2.75, 3.05) is 4.72 Å². The maximum atomic E-state index is 12.3. The van der Waals surface area contributed by atoms with Gasteiger partial charge >= 0.3 is 0 Å². The summed E-state index contributed by atoms with van der Waals surface area (Å²) < 4.78 is 27.0. The Kier molecular flexibility index (Phi) is 4.27.